The van der Waals surface area contributed by atoms with Crippen LogP contribution in [0.15, 0.2) is 12.3 Å². The number of primary amides is 1. The number of carboxylic acids is 1. The van der Waals surface area contributed by atoms with Crippen LogP contribution in [0.5, 0.6) is 5.75 Å². The number of carbonyl (C=O) groups excluding carboxylic acids is 1. The van der Waals surface area contributed by atoms with Gasteiger partial charge in [0.2, 0.25) is 5.91 Å². The van der Waals surface area contributed by atoms with E-state index in [1.807, 2.05) is 6.20 Å². The summed E-state index contributed by atoms with van der Waals surface area (Å²) in [5, 5.41) is 9.73. The number of ether oxygens (including phenoxy) is 1. The Labute approximate surface area is 189 Å². The minimum Gasteiger partial charge on any atom is -0.489 e. The highest BCUT2D eigenvalue weighted by atomic mass is 16.5. The fourth-order valence-electron chi connectivity index (χ4n) is 6.31. The van der Waals surface area contributed by atoms with Crippen molar-refractivity contribution in [2.45, 2.75) is 51.4 Å². The van der Waals surface area contributed by atoms with Crippen molar-refractivity contribution in [2.24, 2.45) is 22.5 Å². The first-order chi connectivity index (χ1) is 15.4. The van der Waals surface area contributed by atoms with Gasteiger partial charge in [-0.3, -0.25) is 14.5 Å². The summed E-state index contributed by atoms with van der Waals surface area (Å²) >= 11 is 0. The van der Waals surface area contributed by atoms with E-state index in [2.05, 4.69) is 20.9 Å². The standard InChI is InChI=1S/C24H34N4O4/c25-21(29)23(24(8-9-24)22(30)31)6-1-17(2-7-23)4-11-27-12-14-28(15-13-27)20-19-18(3-10-26-20)5-16-32-19/h3,10,17H,1-2,4-9,11-16H2,(H2,25,29)(H,30,31). The number of carboxylic acid groups (broad SMARTS) is 1. The number of hydrogen-bond donors (Lipinski definition) is 2. The maximum atomic E-state index is 12.3. The van der Waals surface area contributed by atoms with Crippen molar-refractivity contribution in [1.82, 2.24) is 9.88 Å². The van der Waals surface area contributed by atoms with Crippen molar-refractivity contribution < 1.29 is 19.4 Å². The van der Waals surface area contributed by atoms with Gasteiger partial charge in [0.25, 0.3) is 0 Å². The van der Waals surface area contributed by atoms with Gasteiger partial charge in [-0.15, -0.1) is 0 Å². The molecule has 5 rings (SSSR count). The Hall–Kier alpha value is -2.35. The molecule has 2 aliphatic carbocycles. The monoisotopic (exact) mass is 442 g/mol. The molecule has 3 heterocycles. The van der Waals surface area contributed by atoms with Crippen molar-refractivity contribution in [3.05, 3.63) is 17.8 Å². The molecule has 2 aliphatic heterocycles. The lowest BCUT2D eigenvalue weighted by Gasteiger charge is -2.42. The van der Waals surface area contributed by atoms with Crippen LogP contribution < -0.4 is 15.4 Å². The maximum Gasteiger partial charge on any atom is 0.310 e. The predicted octanol–water partition coefficient (Wildman–Crippen LogP) is 2.06. The average Bonchev–Trinajstić information content (AvgIpc) is 3.49. The molecule has 0 radical (unpaired) electrons. The second-order valence-corrected chi connectivity index (χ2v) is 10.1. The van der Waals surface area contributed by atoms with Gasteiger partial charge >= 0.3 is 5.97 Å². The summed E-state index contributed by atoms with van der Waals surface area (Å²) in [5.41, 5.74) is 5.30. The summed E-state index contributed by atoms with van der Waals surface area (Å²) in [7, 11) is 0. The molecule has 2 saturated carbocycles. The number of fused-ring (bicyclic) bond motifs is 1. The normalized spacial score (nSPS) is 29.2. The SMILES string of the molecule is NC(=O)C1(C2(C(=O)O)CC2)CCC(CCN2CCN(c3nccc4c3OCC4)CC2)CC1. The lowest BCUT2D eigenvalue weighted by molar-refractivity contribution is -0.157. The summed E-state index contributed by atoms with van der Waals surface area (Å²) in [6.07, 6.45) is 8.17. The van der Waals surface area contributed by atoms with E-state index in [1.165, 1.54) is 5.56 Å². The minimum absolute atomic E-state index is 0.406. The van der Waals surface area contributed by atoms with E-state index in [4.69, 9.17) is 10.5 Å². The molecule has 1 aromatic heterocycles. The Morgan fingerprint density at radius 3 is 2.47 bits per heavy atom. The third-order valence-electron chi connectivity index (χ3n) is 8.62. The quantitative estimate of drug-likeness (QED) is 0.665. The summed E-state index contributed by atoms with van der Waals surface area (Å²) in [5.74, 6) is 1.25. The minimum atomic E-state index is -0.893. The Morgan fingerprint density at radius 2 is 1.84 bits per heavy atom. The predicted molar refractivity (Wildman–Crippen MR) is 120 cm³/mol. The van der Waals surface area contributed by atoms with E-state index in [0.29, 0.717) is 31.6 Å². The molecule has 0 spiro atoms. The van der Waals surface area contributed by atoms with Crippen molar-refractivity contribution in [1.29, 1.82) is 0 Å². The Balaban J connectivity index is 1.11. The number of nitrogens with zero attached hydrogens (tertiary/aromatic N) is 3. The molecule has 3 fully saturated rings. The smallest absolute Gasteiger partial charge is 0.310 e. The lowest BCUT2D eigenvalue weighted by atomic mass is 9.60. The molecule has 3 N–H and O–H groups in total. The van der Waals surface area contributed by atoms with Crippen molar-refractivity contribution in [2.75, 3.05) is 44.2 Å². The molecule has 1 aromatic rings. The number of pyridine rings is 1. The molecule has 4 aliphatic rings. The maximum absolute atomic E-state index is 12.3. The molecule has 0 bridgehead atoms. The van der Waals surface area contributed by atoms with E-state index in [-0.39, 0.29) is 0 Å². The van der Waals surface area contributed by atoms with Gasteiger partial charge in [0, 0.05) is 44.4 Å². The zero-order valence-corrected chi connectivity index (χ0v) is 18.7. The Kier molecular flexibility index (Phi) is 5.51. The molecule has 0 unspecified atom stereocenters. The van der Waals surface area contributed by atoms with Crippen LogP contribution in [0.1, 0.15) is 50.5 Å². The Bertz CT molecular complexity index is 884. The molecule has 0 atom stereocenters. The first-order valence-corrected chi connectivity index (χ1v) is 12.1. The number of piperazine rings is 1. The van der Waals surface area contributed by atoms with Crippen LogP contribution in [0.3, 0.4) is 0 Å². The number of amides is 1. The third-order valence-corrected chi connectivity index (χ3v) is 8.62. The number of nitrogens with two attached hydrogens (primary N) is 1. The van der Waals surface area contributed by atoms with E-state index in [1.54, 1.807) is 0 Å². The zero-order chi connectivity index (χ0) is 22.3. The fraction of sp³-hybridized carbons (Fsp3) is 0.708. The second kappa shape index (κ2) is 8.21. The van der Waals surface area contributed by atoms with Gasteiger partial charge in [0.1, 0.15) is 0 Å². The molecule has 0 aromatic carbocycles. The van der Waals surface area contributed by atoms with Crippen LogP contribution in [0.2, 0.25) is 0 Å². The largest absolute Gasteiger partial charge is 0.489 e. The van der Waals surface area contributed by atoms with Crippen molar-refractivity contribution in [3.8, 4) is 5.75 Å². The van der Waals surface area contributed by atoms with Crippen LogP contribution >= 0.6 is 0 Å². The topological polar surface area (TPSA) is 109 Å². The number of aliphatic carboxylic acids is 1. The van der Waals surface area contributed by atoms with Crippen molar-refractivity contribution >= 4 is 17.7 Å². The van der Waals surface area contributed by atoms with Crippen LogP contribution in [-0.2, 0) is 16.0 Å². The average molecular weight is 443 g/mol. The van der Waals surface area contributed by atoms with Gasteiger partial charge in [0.15, 0.2) is 11.6 Å². The highest BCUT2D eigenvalue weighted by molar-refractivity contribution is 5.91. The molecular formula is C24H34N4O4. The Morgan fingerprint density at radius 1 is 1.12 bits per heavy atom. The molecule has 32 heavy (non-hydrogen) atoms. The van der Waals surface area contributed by atoms with Gasteiger partial charge < -0.3 is 20.5 Å². The van der Waals surface area contributed by atoms with Gasteiger partial charge in [-0.1, -0.05) is 0 Å². The van der Waals surface area contributed by atoms with Crippen LogP contribution in [0.25, 0.3) is 0 Å². The summed E-state index contributed by atoms with van der Waals surface area (Å²) < 4.78 is 5.83. The number of aromatic nitrogens is 1. The summed E-state index contributed by atoms with van der Waals surface area (Å²) in [6.45, 7) is 5.70. The number of carbonyl (C=O) groups is 2. The van der Waals surface area contributed by atoms with Crippen molar-refractivity contribution in [3.63, 3.8) is 0 Å². The number of anilines is 1. The van der Waals surface area contributed by atoms with E-state index < -0.39 is 22.7 Å². The zero-order valence-electron chi connectivity index (χ0n) is 18.7. The highest BCUT2D eigenvalue weighted by Crippen LogP contribution is 2.64. The lowest BCUT2D eigenvalue weighted by Crippen LogP contribution is -2.50. The summed E-state index contributed by atoms with van der Waals surface area (Å²) in [4.78, 5) is 33.6. The van der Waals surface area contributed by atoms with E-state index in [0.717, 1.165) is 76.6 Å². The van der Waals surface area contributed by atoms with Crippen LogP contribution in [0, 0.1) is 16.7 Å². The second-order valence-electron chi connectivity index (χ2n) is 10.1. The summed E-state index contributed by atoms with van der Waals surface area (Å²) in [6, 6.07) is 2.06. The van der Waals surface area contributed by atoms with Gasteiger partial charge in [0.05, 0.1) is 17.4 Å². The van der Waals surface area contributed by atoms with Gasteiger partial charge in [-0.2, -0.15) is 0 Å². The molecular weight excluding hydrogens is 408 g/mol. The van der Waals surface area contributed by atoms with E-state index >= 15 is 0 Å². The van der Waals surface area contributed by atoms with Crippen LogP contribution in [0.4, 0.5) is 5.82 Å². The first-order valence-electron chi connectivity index (χ1n) is 12.1. The molecule has 8 heteroatoms. The molecule has 1 amide bonds. The molecule has 8 nitrogen and oxygen atoms in total. The van der Waals surface area contributed by atoms with Crippen LogP contribution in [-0.4, -0.2) is 66.2 Å². The first kappa shape index (κ1) is 21.5. The third kappa shape index (κ3) is 3.52. The van der Waals surface area contributed by atoms with Gasteiger partial charge in [-0.25, -0.2) is 4.98 Å². The van der Waals surface area contributed by atoms with Gasteiger partial charge in [-0.05, 0) is 63.5 Å². The molecule has 1 saturated heterocycles. The number of hydrogen-bond acceptors (Lipinski definition) is 6. The molecule has 174 valence electrons. The number of rotatable bonds is 7. The highest BCUT2D eigenvalue weighted by Gasteiger charge is 2.67. The van der Waals surface area contributed by atoms with E-state index in [9.17, 15) is 14.7 Å². The fourth-order valence-corrected chi connectivity index (χ4v) is 6.31.